The highest BCUT2D eigenvalue weighted by molar-refractivity contribution is 6.34. The minimum absolute atomic E-state index is 0.00786. The smallest absolute Gasteiger partial charge is 0.194 e. The predicted molar refractivity (Wildman–Crippen MR) is 316 cm³/mol. The lowest BCUT2D eigenvalue weighted by atomic mass is 9.90. The molecule has 3 aliphatic rings. The number of Topliss-reactive ketones (excluding diaryl/α,β-unsaturated/α-hetero) is 3. The number of carbonyl (C=O) groups excluding carboxylic acids is 3. The van der Waals surface area contributed by atoms with Gasteiger partial charge in [0.25, 0.3) is 0 Å². The average molecular weight is 1110 g/mol. The van der Waals surface area contributed by atoms with Crippen LogP contribution in [0.25, 0.3) is 17.1 Å². The van der Waals surface area contributed by atoms with E-state index in [0.29, 0.717) is 72.6 Å². The van der Waals surface area contributed by atoms with Gasteiger partial charge < -0.3 is 33.2 Å². The van der Waals surface area contributed by atoms with E-state index in [9.17, 15) is 23.2 Å². The molecule has 3 heterocycles. The fourth-order valence-corrected chi connectivity index (χ4v) is 10.2. The third-order valence-corrected chi connectivity index (χ3v) is 13.4. The van der Waals surface area contributed by atoms with Gasteiger partial charge in [-0.3, -0.25) is 14.4 Å². The third kappa shape index (κ3) is 15.1. The van der Waals surface area contributed by atoms with Crippen molar-refractivity contribution in [1.29, 1.82) is 0 Å². The van der Waals surface area contributed by atoms with E-state index in [1.54, 1.807) is 49.4 Å². The number of nitrogens with two attached hydrogens (primary N) is 3. The molecule has 9 N–H and O–H groups in total. The predicted octanol–water partition coefficient (Wildman–Crippen LogP) is 12.2. The molecular weight excluding hydrogens is 1040 g/mol. The molecule has 79 heavy (non-hydrogen) atoms. The minimum atomic E-state index is -0.687. The van der Waals surface area contributed by atoms with Crippen molar-refractivity contribution in [2.45, 2.75) is 86.4 Å². The van der Waals surface area contributed by atoms with Crippen LogP contribution in [0, 0.1) is 30.4 Å². The molecule has 12 nitrogen and oxygen atoms in total. The standard InChI is InChI=1S/C23H27N3O.C22H24FN3O.C18H14Cl2FN3O/c1-14(2)12-17-8-10-18(11-9-17)21-20(16(4)27)22(26-23(24)25-21)19-7-5-6-15(3)13-19;1-13(2)11-15-7-9-16(10-8-15)20-19(14(3)27)21(26-22(24)25-20)17-5-4-6-18(23)12-17;1-9(25)15-16(10-3-2-4-14(21)7-10)23-18(22)24-17(15)11-5-12(19)8-13(20)6-11/h5-11,13-14,21H,12H2,1-4H3,(H3,24,25,26);4-10,12-13,20H,11H2,1-3H3,(H3,24,25,26);2-8,17H,1H3,(H3,22,23,24). The van der Waals surface area contributed by atoms with Crippen LogP contribution in [0.2, 0.25) is 10.0 Å². The lowest BCUT2D eigenvalue weighted by Gasteiger charge is -2.26. The molecular formula is C63H65Cl2F2N9O3. The van der Waals surface area contributed by atoms with Crippen LogP contribution in [0.4, 0.5) is 8.78 Å². The Bertz CT molecular complexity index is 3300. The zero-order chi connectivity index (χ0) is 57.2. The van der Waals surface area contributed by atoms with Gasteiger partial charge in [0.05, 0.1) is 17.1 Å². The molecule has 0 saturated carbocycles. The highest BCUT2D eigenvalue weighted by atomic mass is 35.5. The molecule has 0 aliphatic carbocycles. The van der Waals surface area contributed by atoms with E-state index < -0.39 is 23.9 Å². The quantitative estimate of drug-likeness (QED) is 0.0650. The molecule has 0 bridgehead atoms. The van der Waals surface area contributed by atoms with Crippen molar-refractivity contribution in [1.82, 2.24) is 16.0 Å². The molecule has 3 aliphatic heterocycles. The van der Waals surface area contributed by atoms with Crippen LogP contribution in [0.1, 0.15) is 117 Å². The van der Waals surface area contributed by atoms with Gasteiger partial charge in [0.1, 0.15) is 29.8 Å². The van der Waals surface area contributed by atoms with E-state index in [-0.39, 0.29) is 35.1 Å². The monoisotopic (exact) mass is 1100 g/mol. The van der Waals surface area contributed by atoms with Gasteiger partial charge in [-0.05, 0) is 134 Å². The van der Waals surface area contributed by atoms with E-state index >= 15 is 0 Å². The third-order valence-electron chi connectivity index (χ3n) is 12.9. The number of hydrogen-bond acceptors (Lipinski definition) is 12. The number of carbonyl (C=O) groups is 3. The van der Waals surface area contributed by atoms with Gasteiger partial charge in [0, 0.05) is 37.9 Å². The van der Waals surface area contributed by atoms with Gasteiger partial charge in [0.2, 0.25) is 0 Å². The second kappa shape index (κ2) is 26.0. The molecule has 0 amide bonds. The fourth-order valence-electron chi connectivity index (χ4n) is 9.65. The Labute approximate surface area is 470 Å². The summed E-state index contributed by atoms with van der Waals surface area (Å²) in [5, 5.41) is 9.78. The lowest BCUT2D eigenvalue weighted by molar-refractivity contribution is -0.114. The normalized spacial score (nSPS) is 17.0. The summed E-state index contributed by atoms with van der Waals surface area (Å²) in [7, 11) is 0. The Morgan fingerprint density at radius 1 is 0.481 bits per heavy atom. The molecule has 0 fully saturated rings. The SMILES string of the molecule is CC(=O)C1=C(c2cccc(C)c2)NC(N)=NC1c1ccc(CC(C)C)cc1.CC(=O)C1=C(c2cccc(F)c2)NC(N)=NC1c1cc(Cl)cc(Cl)c1.CC(=O)C1=C(c2cccc(F)c2)NC(N)=NC1c1ccc(CC(C)C)cc1. The van der Waals surface area contributed by atoms with E-state index in [4.69, 9.17) is 40.4 Å². The number of rotatable bonds is 13. The summed E-state index contributed by atoms with van der Waals surface area (Å²) in [5.41, 5.74) is 29.3. The van der Waals surface area contributed by atoms with Crippen LogP contribution in [-0.4, -0.2) is 35.2 Å². The first-order valence-corrected chi connectivity index (χ1v) is 26.6. The summed E-state index contributed by atoms with van der Waals surface area (Å²) in [6.45, 7) is 15.3. The number of nitrogens with one attached hydrogen (secondary N) is 3. The Morgan fingerprint density at radius 3 is 1.13 bits per heavy atom. The van der Waals surface area contributed by atoms with Crippen molar-refractivity contribution in [3.05, 3.63) is 228 Å². The van der Waals surface area contributed by atoms with Gasteiger partial charge in [0.15, 0.2) is 35.2 Å². The number of ketones is 3. The summed E-state index contributed by atoms with van der Waals surface area (Å²) in [4.78, 5) is 50.7. The Morgan fingerprint density at radius 2 is 0.810 bits per heavy atom. The number of nitrogens with zero attached hydrogens (tertiary/aromatic N) is 3. The van der Waals surface area contributed by atoms with Crippen LogP contribution >= 0.6 is 23.2 Å². The van der Waals surface area contributed by atoms with Crippen LogP contribution in [-0.2, 0) is 27.2 Å². The Balaban J connectivity index is 0.000000172. The maximum absolute atomic E-state index is 13.7. The van der Waals surface area contributed by atoms with Crippen LogP contribution in [0.5, 0.6) is 0 Å². The molecule has 0 aromatic heterocycles. The average Bonchev–Trinajstić information content (AvgIpc) is 3.44. The number of aliphatic imine (C=N–C) groups is 3. The van der Waals surface area contributed by atoms with Gasteiger partial charge >= 0.3 is 0 Å². The summed E-state index contributed by atoms with van der Waals surface area (Å²) in [6.07, 6.45) is 2.02. The van der Waals surface area contributed by atoms with Gasteiger partial charge in [-0.15, -0.1) is 0 Å². The van der Waals surface area contributed by atoms with Crippen molar-refractivity contribution < 1.29 is 23.2 Å². The van der Waals surface area contributed by atoms with Crippen molar-refractivity contribution in [3.8, 4) is 0 Å². The van der Waals surface area contributed by atoms with Gasteiger partial charge in [-0.2, -0.15) is 0 Å². The van der Waals surface area contributed by atoms with Crippen molar-refractivity contribution in [2.75, 3.05) is 0 Å². The second-order valence-corrected chi connectivity index (χ2v) is 21.3. The lowest BCUT2D eigenvalue weighted by Crippen LogP contribution is -2.36. The minimum Gasteiger partial charge on any atom is -0.370 e. The van der Waals surface area contributed by atoms with E-state index in [2.05, 4.69) is 95.0 Å². The Kier molecular flexibility index (Phi) is 19.2. The zero-order valence-corrected chi connectivity index (χ0v) is 46.9. The number of benzene rings is 6. The molecule has 6 aromatic carbocycles. The van der Waals surface area contributed by atoms with Crippen molar-refractivity contribution >= 4 is 75.5 Å². The fraction of sp³-hybridized carbons (Fsp3) is 0.238. The highest BCUT2D eigenvalue weighted by Crippen LogP contribution is 2.39. The van der Waals surface area contributed by atoms with E-state index in [1.807, 2.05) is 43.3 Å². The van der Waals surface area contributed by atoms with Gasteiger partial charge in [-0.1, -0.05) is 147 Å². The summed E-state index contributed by atoms with van der Waals surface area (Å²) >= 11 is 12.2. The summed E-state index contributed by atoms with van der Waals surface area (Å²) in [5.74, 6) is 0.664. The summed E-state index contributed by atoms with van der Waals surface area (Å²) in [6, 6.07) is 39.8. The summed E-state index contributed by atoms with van der Waals surface area (Å²) < 4.78 is 27.4. The maximum Gasteiger partial charge on any atom is 0.194 e. The van der Waals surface area contributed by atoms with Crippen LogP contribution in [0.15, 0.2) is 171 Å². The second-order valence-electron chi connectivity index (χ2n) is 20.4. The number of hydrogen-bond donors (Lipinski definition) is 6. The first-order valence-electron chi connectivity index (χ1n) is 25.8. The molecule has 16 heteroatoms. The van der Waals surface area contributed by atoms with Crippen molar-refractivity contribution in [3.63, 3.8) is 0 Å². The molecule has 6 aromatic rings. The van der Waals surface area contributed by atoms with Gasteiger partial charge in [-0.25, -0.2) is 23.8 Å². The van der Waals surface area contributed by atoms with Crippen LogP contribution in [0.3, 0.4) is 0 Å². The van der Waals surface area contributed by atoms with E-state index in [0.717, 1.165) is 40.8 Å². The molecule has 3 unspecified atom stereocenters. The zero-order valence-electron chi connectivity index (χ0n) is 45.4. The number of guanidine groups is 3. The number of halogens is 4. The maximum atomic E-state index is 13.7. The Hall–Kier alpha value is -8.20. The van der Waals surface area contributed by atoms with Crippen molar-refractivity contribution in [2.24, 2.45) is 44.0 Å². The molecule has 3 atom stereocenters. The highest BCUT2D eigenvalue weighted by Gasteiger charge is 2.32. The van der Waals surface area contributed by atoms with E-state index in [1.165, 1.54) is 49.2 Å². The van der Waals surface area contributed by atoms with Crippen LogP contribution < -0.4 is 33.2 Å². The largest absolute Gasteiger partial charge is 0.370 e. The topological polar surface area (TPSA) is 202 Å². The first-order chi connectivity index (χ1) is 37.5. The molecule has 9 rings (SSSR count). The molecule has 408 valence electrons. The molecule has 0 spiro atoms. The number of aryl methyl sites for hydroxylation is 1. The first kappa shape index (κ1) is 58.5. The molecule has 0 saturated heterocycles. The molecule has 0 radical (unpaired) electrons.